The standard InChI is InChI=1S/C24H29F3N4O/c1-23(2)18-7-5-4-6-14(18)12-20(23)30-17-8-9-19(29-13-17)21(24(25,26)27)31(3)22(32)15-10-16(28)11-15/h4-9,13,15-16,20-21,30H,10-12,28H2,1-3H3/t15?,16?,20-,21-/m0/s1. The zero-order valence-corrected chi connectivity index (χ0v) is 18.5. The second-order valence-electron chi connectivity index (χ2n) is 9.57. The van der Waals surface area contributed by atoms with Crippen molar-refractivity contribution in [3.63, 3.8) is 0 Å². The van der Waals surface area contributed by atoms with Crippen LogP contribution in [0, 0.1) is 5.92 Å². The number of carbonyl (C=O) groups is 1. The number of halogens is 3. The first-order valence-electron chi connectivity index (χ1n) is 10.9. The van der Waals surface area contributed by atoms with E-state index in [1.807, 2.05) is 12.1 Å². The Labute approximate surface area is 186 Å². The number of carbonyl (C=O) groups excluding carboxylic acids is 1. The molecule has 1 aromatic carbocycles. The SMILES string of the molecule is CN(C(=O)C1CC(N)C1)[C@@H](c1ccc(N[C@H]2Cc3ccccc3C2(C)C)cn1)C(F)(F)F. The lowest BCUT2D eigenvalue weighted by atomic mass is 9.80. The minimum absolute atomic E-state index is 0.0954. The van der Waals surface area contributed by atoms with Crippen LogP contribution in [0.3, 0.4) is 0 Å². The molecule has 1 aromatic heterocycles. The van der Waals surface area contributed by atoms with Gasteiger partial charge in [-0.3, -0.25) is 9.78 Å². The number of alkyl halides is 3. The summed E-state index contributed by atoms with van der Waals surface area (Å²) in [5, 5.41) is 3.44. The van der Waals surface area contributed by atoms with Crippen molar-refractivity contribution in [1.82, 2.24) is 9.88 Å². The molecule has 8 heteroatoms. The molecule has 0 radical (unpaired) electrons. The van der Waals surface area contributed by atoms with Crippen LogP contribution in [-0.4, -0.2) is 41.1 Å². The normalized spacial score (nSPS) is 24.9. The minimum atomic E-state index is -4.63. The van der Waals surface area contributed by atoms with E-state index in [2.05, 4.69) is 36.3 Å². The molecule has 0 bridgehead atoms. The fourth-order valence-electron chi connectivity index (χ4n) is 4.94. The van der Waals surface area contributed by atoms with Gasteiger partial charge in [-0.15, -0.1) is 0 Å². The quantitative estimate of drug-likeness (QED) is 0.722. The molecule has 2 aliphatic rings. The Bertz CT molecular complexity index is 983. The van der Waals surface area contributed by atoms with Gasteiger partial charge in [0.05, 0.1) is 17.6 Å². The number of nitrogens with one attached hydrogen (secondary N) is 1. The number of anilines is 1. The average Bonchev–Trinajstić information content (AvgIpc) is 2.95. The smallest absolute Gasteiger partial charge is 0.380 e. The number of aromatic nitrogens is 1. The number of nitrogens with two attached hydrogens (primary N) is 1. The van der Waals surface area contributed by atoms with E-state index in [9.17, 15) is 18.0 Å². The highest BCUT2D eigenvalue weighted by Crippen LogP contribution is 2.41. The maximum Gasteiger partial charge on any atom is 0.414 e. The molecule has 1 fully saturated rings. The second-order valence-corrected chi connectivity index (χ2v) is 9.57. The molecule has 5 nitrogen and oxygen atoms in total. The topological polar surface area (TPSA) is 71.2 Å². The molecule has 172 valence electrons. The Morgan fingerprint density at radius 3 is 2.47 bits per heavy atom. The van der Waals surface area contributed by atoms with E-state index < -0.39 is 24.0 Å². The van der Waals surface area contributed by atoms with Crippen molar-refractivity contribution < 1.29 is 18.0 Å². The summed E-state index contributed by atoms with van der Waals surface area (Å²) in [6.45, 7) is 4.32. The van der Waals surface area contributed by atoms with E-state index in [0.29, 0.717) is 18.5 Å². The predicted molar refractivity (Wildman–Crippen MR) is 117 cm³/mol. The first kappa shape index (κ1) is 22.6. The lowest BCUT2D eigenvalue weighted by Crippen LogP contribution is -2.49. The Hall–Kier alpha value is -2.61. The zero-order valence-electron chi connectivity index (χ0n) is 18.5. The van der Waals surface area contributed by atoms with Gasteiger partial charge in [0.25, 0.3) is 0 Å². The van der Waals surface area contributed by atoms with Crippen LogP contribution in [0.15, 0.2) is 42.6 Å². The molecule has 0 spiro atoms. The highest BCUT2D eigenvalue weighted by atomic mass is 19.4. The van der Waals surface area contributed by atoms with Gasteiger partial charge in [0, 0.05) is 30.5 Å². The van der Waals surface area contributed by atoms with Crippen LogP contribution in [0.2, 0.25) is 0 Å². The molecule has 0 unspecified atom stereocenters. The summed E-state index contributed by atoms with van der Waals surface area (Å²) < 4.78 is 41.7. The van der Waals surface area contributed by atoms with Crippen molar-refractivity contribution >= 4 is 11.6 Å². The Morgan fingerprint density at radius 1 is 1.22 bits per heavy atom. The third-order valence-corrected chi connectivity index (χ3v) is 6.98. The number of pyridine rings is 1. The molecular weight excluding hydrogens is 417 g/mol. The van der Waals surface area contributed by atoms with Crippen LogP contribution in [0.1, 0.15) is 49.6 Å². The molecular formula is C24H29F3N4O. The number of fused-ring (bicyclic) bond motifs is 1. The third-order valence-electron chi connectivity index (χ3n) is 6.98. The van der Waals surface area contributed by atoms with Gasteiger partial charge in [-0.25, -0.2) is 0 Å². The van der Waals surface area contributed by atoms with E-state index in [1.54, 1.807) is 6.07 Å². The molecule has 0 aliphatic heterocycles. The van der Waals surface area contributed by atoms with Crippen molar-refractivity contribution in [1.29, 1.82) is 0 Å². The van der Waals surface area contributed by atoms with Crippen LogP contribution in [0.5, 0.6) is 0 Å². The number of hydrogen-bond donors (Lipinski definition) is 2. The largest absolute Gasteiger partial charge is 0.414 e. The third kappa shape index (κ3) is 4.08. The molecule has 1 amide bonds. The van der Waals surface area contributed by atoms with E-state index in [4.69, 9.17) is 5.73 Å². The molecule has 0 saturated heterocycles. The first-order chi connectivity index (χ1) is 15.0. The Balaban J connectivity index is 1.51. The maximum absolute atomic E-state index is 13.9. The van der Waals surface area contributed by atoms with Gasteiger partial charge < -0.3 is 16.0 Å². The van der Waals surface area contributed by atoms with Crippen LogP contribution < -0.4 is 11.1 Å². The zero-order chi connectivity index (χ0) is 23.3. The summed E-state index contributed by atoms with van der Waals surface area (Å²) >= 11 is 0. The summed E-state index contributed by atoms with van der Waals surface area (Å²) in [7, 11) is 1.19. The summed E-state index contributed by atoms with van der Waals surface area (Å²) in [5.74, 6) is -0.990. The molecule has 32 heavy (non-hydrogen) atoms. The number of benzene rings is 1. The fraction of sp³-hybridized carbons (Fsp3) is 0.500. The molecule has 1 saturated carbocycles. The summed E-state index contributed by atoms with van der Waals surface area (Å²) in [4.78, 5) is 17.4. The van der Waals surface area contributed by atoms with E-state index in [-0.39, 0.29) is 23.2 Å². The number of nitrogens with zero attached hydrogens (tertiary/aromatic N) is 2. The lowest BCUT2D eigenvalue weighted by Gasteiger charge is -2.37. The predicted octanol–water partition coefficient (Wildman–Crippen LogP) is 4.20. The van der Waals surface area contributed by atoms with Gasteiger partial charge in [0.1, 0.15) is 0 Å². The van der Waals surface area contributed by atoms with Gasteiger partial charge in [-0.2, -0.15) is 13.2 Å². The van der Waals surface area contributed by atoms with Gasteiger partial charge in [0.2, 0.25) is 5.91 Å². The average molecular weight is 447 g/mol. The molecule has 2 aliphatic carbocycles. The summed E-state index contributed by atoms with van der Waals surface area (Å²) in [5.41, 5.74) is 8.57. The Morgan fingerprint density at radius 2 is 1.91 bits per heavy atom. The van der Waals surface area contributed by atoms with Crippen molar-refractivity contribution in [2.75, 3.05) is 12.4 Å². The van der Waals surface area contributed by atoms with E-state index >= 15 is 0 Å². The molecule has 4 rings (SSSR count). The maximum atomic E-state index is 13.9. The van der Waals surface area contributed by atoms with Crippen molar-refractivity contribution in [2.24, 2.45) is 11.7 Å². The second kappa shape index (κ2) is 8.06. The van der Waals surface area contributed by atoms with Gasteiger partial charge >= 0.3 is 6.18 Å². The van der Waals surface area contributed by atoms with Crippen molar-refractivity contribution in [3.05, 3.63) is 59.4 Å². The van der Waals surface area contributed by atoms with Crippen molar-refractivity contribution in [3.8, 4) is 0 Å². The number of amides is 1. The Kier molecular flexibility index (Phi) is 5.69. The van der Waals surface area contributed by atoms with E-state index in [0.717, 1.165) is 11.3 Å². The van der Waals surface area contributed by atoms with Gasteiger partial charge in [-0.05, 0) is 42.5 Å². The van der Waals surface area contributed by atoms with Gasteiger partial charge in [-0.1, -0.05) is 38.1 Å². The minimum Gasteiger partial charge on any atom is -0.380 e. The molecule has 2 aromatic rings. The van der Waals surface area contributed by atoms with Gasteiger partial charge in [0.15, 0.2) is 6.04 Å². The highest BCUT2D eigenvalue weighted by Gasteiger charge is 2.48. The first-order valence-corrected chi connectivity index (χ1v) is 10.9. The van der Waals surface area contributed by atoms with E-state index in [1.165, 1.54) is 30.4 Å². The number of hydrogen-bond acceptors (Lipinski definition) is 4. The fourth-order valence-corrected chi connectivity index (χ4v) is 4.94. The molecule has 1 heterocycles. The lowest BCUT2D eigenvalue weighted by molar-refractivity contribution is -0.192. The van der Waals surface area contributed by atoms with Crippen LogP contribution >= 0.6 is 0 Å². The van der Waals surface area contributed by atoms with Crippen LogP contribution in [-0.2, 0) is 16.6 Å². The van der Waals surface area contributed by atoms with Crippen molar-refractivity contribution in [2.45, 2.75) is 62.8 Å². The van der Waals surface area contributed by atoms with Crippen LogP contribution in [0.25, 0.3) is 0 Å². The van der Waals surface area contributed by atoms with Crippen LogP contribution in [0.4, 0.5) is 18.9 Å². The summed E-state index contributed by atoms with van der Waals surface area (Å²) in [6.07, 6.45) is -1.54. The molecule has 2 atom stereocenters. The monoisotopic (exact) mass is 446 g/mol. The number of rotatable bonds is 5. The highest BCUT2D eigenvalue weighted by molar-refractivity contribution is 5.80. The molecule has 3 N–H and O–H groups in total. The summed E-state index contributed by atoms with van der Waals surface area (Å²) in [6, 6.07) is 9.11.